The molecule has 170 valence electrons. The van der Waals surface area contributed by atoms with Gasteiger partial charge < -0.3 is 15.0 Å². The summed E-state index contributed by atoms with van der Waals surface area (Å²) in [6.45, 7) is 7.99. The zero-order valence-electron chi connectivity index (χ0n) is 19.2. The molecule has 33 heavy (non-hydrogen) atoms. The van der Waals surface area contributed by atoms with Crippen LogP contribution in [-0.4, -0.2) is 41.5 Å². The van der Waals surface area contributed by atoms with Crippen LogP contribution in [-0.2, 0) is 16.1 Å². The zero-order valence-corrected chi connectivity index (χ0v) is 19.2. The van der Waals surface area contributed by atoms with E-state index in [1.165, 1.54) is 0 Å². The molecule has 0 atom stereocenters. The van der Waals surface area contributed by atoms with Crippen LogP contribution in [0.4, 0.5) is 5.69 Å². The molecule has 2 amide bonds. The Labute approximate surface area is 193 Å². The van der Waals surface area contributed by atoms with Crippen molar-refractivity contribution >= 4 is 17.5 Å². The number of pyridine rings is 2. The molecule has 7 nitrogen and oxygen atoms in total. The zero-order chi connectivity index (χ0) is 23.4. The number of carbonyl (C=O) groups excluding carboxylic acids is 2. The molecule has 1 N–H and O–H groups in total. The van der Waals surface area contributed by atoms with Gasteiger partial charge in [0, 0.05) is 55.3 Å². The SMILES string of the molecule is CC(=O)N(CC1COC1)c1ccc(-c2ccc(C(=O)NCc3cccnc3C)cn2)cc1C. The number of anilines is 1. The summed E-state index contributed by atoms with van der Waals surface area (Å²) in [4.78, 5) is 35.3. The molecule has 0 unspecified atom stereocenters. The first-order valence-electron chi connectivity index (χ1n) is 11.0. The third-order valence-electron chi connectivity index (χ3n) is 5.89. The lowest BCUT2D eigenvalue weighted by Gasteiger charge is -2.32. The molecule has 0 radical (unpaired) electrons. The fraction of sp³-hybridized carbons (Fsp3) is 0.308. The van der Waals surface area contributed by atoms with E-state index in [0.717, 1.165) is 33.8 Å². The Morgan fingerprint density at radius 1 is 1.12 bits per heavy atom. The van der Waals surface area contributed by atoms with Crippen molar-refractivity contribution in [2.24, 2.45) is 5.92 Å². The lowest BCUT2D eigenvalue weighted by atomic mass is 10.0. The van der Waals surface area contributed by atoms with Gasteiger partial charge in [0.25, 0.3) is 5.91 Å². The van der Waals surface area contributed by atoms with E-state index in [1.807, 2.05) is 55.1 Å². The molecule has 2 aromatic heterocycles. The highest BCUT2D eigenvalue weighted by Crippen LogP contribution is 2.28. The summed E-state index contributed by atoms with van der Waals surface area (Å²) in [7, 11) is 0. The van der Waals surface area contributed by atoms with Gasteiger partial charge in [-0.3, -0.25) is 19.6 Å². The van der Waals surface area contributed by atoms with E-state index >= 15 is 0 Å². The quantitative estimate of drug-likeness (QED) is 0.601. The first-order valence-corrected chi connectivity index (χ1v) is 11.0. The number of amides is 2. The Bertz CT molecular complexity index is 1160. The normalized spacial score (nSPS) is 13.3. The Balaban J connectivity index is 1.44. The highest BCUT2D eigenvalue weighted by molar-refractivity contribution is 5.94. The first kappa shape index (κ1) is 22.6. The molecule has 1 fully saturated rings. The molecule has 1 aliphatic rings. The van der Waals surface area contributed by atoms with Gasteiger partial charge in [-0.1, -0.05) is 12.1 Å². The molecule has 0 spiro atoms. The van der Waals surface area contributed by atoms with Crippen molar-refractivity contribution in [1.29, 1.82) is 0 Å². The van der Waals surface area contributed by atoms with Gasteiger partial charge in [0.15, 0.2) is 0 Å². The van der Waals surface area contributed by atoms with Crippen molar-refractivity contribution in [1.82, 2.24) is 15.3 Å². The van der Waals surface area contributed by atoms with E-state index in [-0.39, 0.29) is 11.8 Å². The molecule has 1 saturated heterocycles. The minimum Gasteiger partial charge on any atom is -0.381 e. The lowest BCUT2D eigenvalue weighted by Crippen LogP contribution is -2.42. The van der Waals surface area contributed by atoms with Gasteiger partial charge in [-0.05, 0) is 55.3 Å². The molecular formula is C26H28N4O3. The average molecular weight is 445 g/mol. The van der Waals surface area contributed by atoms with Crippen LogP contribution in [0.1, 0.15) is 34.1 Å². The fourth-order valence-corrected chi connectivity index (χ4v) is 3.84. The summed E-state index contributed by atoms with van der Waals surface area (Å²) in [5.41, 5.74) is 5.98. The van der Waals surface area contributed by atoms with Gasteiger partial charge in [0.2, 0.25) is 5.91 Å². The van der Waals surface area contributed by atoms with Crippen molar-refractivity contribution in [3.63, 3.8) is 0 Å². The number of carbonyl (C=O) groups is 2. The summed E-state index contributed by atoms with van der Waals surface area (Å²) in [6, 6.07) is 13.4. The number of hydrogen-bond acceptors (Lipinski definition) is 5. The molecule has 1 aromatic carbocycles. The number of rotatable bonds is 7. The number of aryl methyl sites for hydroxylation is 2. The second kappa shape index (κ2) is 9.92. The Morgan fingerprint density at radius 3 is 2.55 bits per heavy atom. The molecule has 7 heteroatoms. The minimum absolute atomic E-state index is 0.0210. The lowest BCUT2D eigenvalue weighted by molar-refractivity contribution is -0.117. The molecule has 4 rings (SSSR count). The summed E-state index contributed by atoms with van der Waals surface area (Å²) in [6.07, 6.45) is 3.32. The van der Waals surface area contributed by atoms with E-state index in [9.17, 15) is 9.59 Å². The number of nitrogens with one attached hydrogen (secondary N) is 1. The largest absolute Gasteiger partial charge is 0.381 e. The van der Waals surface area contributed by atoms with Crippen molar-refractivity contribution in [2.45, 2.75) is 27.3 Å². The monoisotopic (exact) mass is 444 g/mol. The molecule has 1 aliphatic heterocycles. The van der Waals surface area contributed by atoms with E-state index < -0.39 is 0 Å². The maximum atomic E-state index is 12.5. The molecule has 3 heterocycles. The number of ether oxygens (including phenoxy) is 1. The predicted molar refractivity (Wildman–Crippen MR) is 127 cm³/mol. The van der Waals surface area contributed by atoms with Crippen LogP contribution in [0.3, 0.4) is 0 Å². The minimum atomic E-state index is -0.180. The first-order chi connectivity index (χ1) is 15.9. The highest BCUT2D eigenvalue weighted by atomic mass is 16.5. The Morgan fingerprint density at radius 2 is 1.94 bits per heavy atom. The van der Waals surface area contributed by atoms with E-state index in [2.05, 4.69) is 15.3 Å². The maximum absolute atomic E-state index is 12.5. The molecule has 0 aliphatic carbocycles. The third kappa shape index (κ3) is 5.26. The van der Waals surface area contributed by atoms with Crippen molar-refractivity contribution in [2.75, 3.05) is 24.7 Å². The summed E-state index contributed by atoms with van der Waals surface area (Å²) >= 11 is 0. The Kier molecular flexibility index (Phi) is 6.79. The van der Waals surface area contributed by atoms with Crippen LogP contribution in [0.2, 0.25) is 0 Å². The van der Waals surface area contributed by atoms with E-state index in [4.69, 9.17) is 4.74 Å². The van der Waals surface area contributed by atoms with Crippen molar-refractivity contribution in [3.8, 4) is 11.3 Å². The number of nitrogens with zero attached hydrogens (tertiary/aromatic N) is 3. The maximum Gasteiger partial charge on any atom is 0.253 e. The van der Waals surface area contributed by atoms with E-state index in [0.29, 0.717) is 37.8 Å². The summed E-state index contributed by atoms with van der Waals surface area (Å²) < 4.78 is 5.25. The molecule has 3 aromatic rings. The van der Waals surface area contributed by atoms with Gasteiger partial charge in [0.1, 0.15) is 0 Å². The van der Waals surface area contributed by atoms with Crippen molar-refractivity contribution in [3.05, 3.63) is 77.2 Å². The van der Waals surface area contributed by atoms with Gasteiger partial charge in [0.05, 0.1) is 24.5 Å². The van der Waals surface area contributed by atoms with Crippen molar-refractivity contribution < 1.29 is 14.3 Å². The molecule has 0 saturated carbocycles. The van der Waals surface area contributed by atoms with Crippen LogP contribution < -0.4 is 10.2 Å². The highest BCUT2D eigenvalue weighted by Gasteiger charge is 2.25. The van der Waals surface area contributed by atoms with Gasteiger partial charge in [-0.2, -0.15) is 0 Å². The number of benzene rings is 1. The predicted octanol–water partition coefficient (Wildman–Crippen LogP) is 3.69. The molecular weight excluding hydrogens is 416 g/mol. The third-order valence-corrected chi connectivity index (χ3v) is 5.89. The van der Waals surface area contributed by atoms with Gasteiger partial charge in [-0.15, -0.1) is 0 Å². The average Bonchev–Trinajstić information content (AvgIpc) is 2.78. The van der Waals surface area contributed by atoms with Crippen LogP contribution in [0.5, 0.6) is 0 Å². The van der Waals surface area contributed by atoms with Crippen LogP contribution in [0.25, 0.3) is 11.3 Å². The smallest absolute Gasteiger partial charge is 0.253 e. The van der Waals surface area contributed by atoms with E-state index in [1.54, 1.807) is 25.4 Å². The Hall–Kier alpha value is -3.58. The standard InChI is InChI=1S/C26H28N4O3/c1-17-11-21(7-9-25(17)30(19(3)31)14-20-15-33-16-20)24-8-6-23(13-28-24)26(32)29-12-22-5-4-10-27-18(22)2/h4-11,13,20H,12,14-16H2,1-3H3,(H,29,32). The van der Waals surface area contributed by atoms with Crippen LogP contribution in [0, 0.1) is 19.8 Å². The summed E-state index contributed by atoms with van der Waals surface area (Å²) in [5.74, 6) is 0.226. The van der Waals surface area contributed by atoms with Gasteiger partial charge in [-0.25, -0.2) is 0 Å². The fourth-order valence-electron chi connectivity index (χ4n) is 3.84. The molecule has 0 bridgehead atoms. The van der Waals surface area contributed by atoms with Gasteiger partial charge >= 0.3 is 0 Å². The van der Waals surface area contributed by atoms with Crippen LogP contribution >= 0.6 is 0 Å². The number of hydrogen-bond donors (Lipinski definition) is 1. The summed E-state index contributed by atoms with van der Waals surface area (Å²) in [5, 5.41) is 2.91. The topological polar surface area (TPSA) is 84.4 Å². The second-order valence-electron chi connectivity index (χ2n) is 8.40. The second-order valence-corrected chi connectivity index (χ2v) is 8.40. The van der Waals surface area contributed by atoms with Crippen LogP contribution in [0.15, 0.2) is 54.9 Å². The number of aromatic nitrogens is 2.